The molecule has 0 aliphatic heterocycles. The average Bonchev–Trinajstić information content (AvgIpc) is 2.60. The predicted molar refractivity (Wildman–Crippen MR) is 65.0 cm³/mol. The third kappa shape index (κ3) is 2.79. The molecule has 1 aliphatic carbocycles. The highest BCUT2D eigenvalue weighted by Gasteiger charge is 2.30. The van der Waals surface area contributed by atoms with Gasteiger partial charge in [-0.3, -0.25) is 0 Å². The van der Waals surface area contributed by atoms with Gasteiger partial charge in [-0.25, -0.2) is 0 Å². The molecule has 1 fully saturated rings. The summed E-state index contributed by atoms with van der Waals surface area (Å²) in [4.78, 5) is 0. The monoisotopic (exact) mass is 225 g/mol. The van der Waals surface area contributed by atoms with Gasteiger partial charge >= 0.3 is 0 Å². The van der Waals surface area contributed by atoms with Gasteiger partial charge in [-0.1, -0.05) is 0 Å². The molecule has 1 aliphatic rings. The average molecular weight is 225 g/mol. The Morgan fingerprint density at radius 2 is 2.13 bits per heavy atom. The first kappa shape index (κ1) is 11.1. The zero-order valence-electron chi connectivity index (χ0n) is 9.51. The van der Waals surface area contributed by atoms with E-state index in [1.165, 1.54) is 19.3 Å². The molecule has 0 radical (unpaired) electrons. The molecule has 15 heavy (non-hydrogen) atoms. The molecule has 0 saturated heterocycles. The van der Waals surface area contributed by atoms with Gasteiger partial charge < -0.3 is 9.73 Å². The Kier molecular flexibility index (Phi) is 3.42. The summed E-state index contributed by atoms with van der Waals surface area (Å²) in [5, 5.41) is 3.57. The lowest BCUT2D eigenvalue weighted by atomic mass is 9.78. The summed E-state index contributed by atoms with van der Waals surface area (Å²) in [5.41, 5.74) is 0.368. The SMILES string of the molecule is CSCc1ccc(CNC2(C)CCC2)o1. The van der Waals surface area contributed by atoms with E-state index in [1.807, 2.05) is 0 Å². The smallest absolute Gasteiger partial charge is 0.118 e. The lowest BCUT2D eigenvalue weighted by Crippen LogP contribution is -2.47. The molecule has 84 valence electrons. The number of nitrogens with one attached hydrogen (secondary N) is 1. The maximum absolute atomic E-state index is 5.70. The zero-order chi connectivity index (χ0) is 10.7. The van der Waals surface area contributed by atoms with Crippen molar-refractivity contribution in [3.63, 3.8) is 0 Å². The molecule has 2 nitrogen and oxygen atoms in total. The first-order valence-corrected chi connectivity index (χ1v) is 6.93. The van der Waals surface area contributed by atoms with Crippen LogP contribution in [0.15, 0.2) is 16.5 Å². The van der Waals surface area contributed by atoms with Gasteiger partial charge in [-0.05, 0) is 44.6 Å². The minimum atomic E-state index is 0.368. The molecule has 1 N–H and O–H groups in total. The predicted octanol–water partition coefficient (Wildman–Crippen LogP) is 3.17. The summed E-state index contributed by atoms with van der Waals surface area (Å²) >= 11 is 1.79. The maximum atomic E-state index is 5.70. The van der Waals surface area contributed by atoms with Crippen LogP contribution in [0.1, 0.15) is 37.7 Å². The van der Waals surface area contributed by atoms with Crippen LogP contribution in [0.25, 0.3) is 0 Å². The van der Waals surface area contributed by atoms with E-state index in [0.29, 0.717) is 5.54 Å². The van der Waals surface area contributed by atoms with Crippen LogP contribution in [0.5, 0.6) is 0 Å². The standard InChI is InChI=1S/C12H19NOS/c1-12(6-3-7-12)13-8-10-4-5-11(14-10)9-15-2/h4-5,13H,3,6-9H2,1-2H3. The van der Waals surface area contributed by atoms with Crippen molar-refractivity contribution in [1.29, 1.82) is 0 Å². The molecule has 1 aromatic heterocycles. The minimum absolute atomic E-state index is 0.368. The first-order chi connectivity index (χ1) is 7.22. The van der Waals surface area contributed by atoms with Crippen LogP contribution in [0, 0.1) is 0 Å². The molecule has 0 atom stereocenters. The molecule has 0 unspecified atom stereocenters. The number of hydrogen-bond donors (Lipinski definition) is 1. The number of rotatable bonds is 5. The fourth-order valence-corrected chi connectivity index (χ4v) is 2.36. The Balaban J connectivity index is 1.82. The van der Waals surface area contributed by atoms with Gasteiger partial charge in [0.1, 0.15) is 11.5 Å². The van der Waals surface area contributed by atoms with Crippen molar-refractivity contribution in [3.8, 4) is 0 Å². The highest BCUT2D eigenvalue weighted by Crippen LogP contribution is 2.31. The zero-order valence-corrected chi connectivity index (χ0v) is 10.3. The Bertz CT molecular complexity index is 317. The molecule has 2 rings (SSSR count). The van der Waals surface area contributed by atoms with Crippen LogP contribution in [0.4, 0.5) is 0 Å². The highest BCUT2D eigenvalue weighted by molar-refractivity contribution is 7.97. The quantitative estimate of drug-likeness (QED) is 0.833. The van der Waals surface area contributed by atoms with Gasteiger partial charge in [0.15, 0.2) is 0 Å². The van der Waals surface area contributed by atoms with Crippen LogP contribution in [0.3, 0.4) is 0 Å². The highest BCUT2D eigenvalue weighted by atomic mass is 32.2. The van der Waals surface area contributed by atoms with Crippen LogP contribution >= 0.6 is 11.8 Å². The van der Waals surface area contributed by atoms with E-state index in [4.69, 9.17) is 4.42 Å². The fourth-order valence-electron chi connectivity index (χ4n) is 1.92. The summed E-state index contributed by atoms with van der Waals surface area (Å²) < 4.78 is 5.70. The van der Waals surface area contributed by atoms with E-state index in [1.54, 1.807) is 11.8 Å². The molecule has 1 aromatic rings. The van der Waals surface area contributed by atoms with Gasteiger partial charge in [0, 0.05) is 5.54 Å². The Hall–Kier alpha value is -0.410. The van der Waals surface area contributed by atoms with Crippen molar-refractivity contribution >= 4 is 11.8 Å². The summed E-state index contributed by atoms with van der Waals surface area (Å²) in [6.07, 6.45) is 6.05. The summed E-state index contributed by atoms with van der Waals surface area (Å²) in [7, 11) is 0. The van der Waals surface area contributed by atoms with E-state index in [2.05, 4.69) is 30.6 Å². The summed E-state index contributed by atoms with van der Waals surface area (Å²) in [6, 6.07) is 4.16. The molecule has 1 heterocycles. The molecule has 0 amide bonds. The number of hydrogen-bond acceptors (Lipinski definition) is 3. The van der Waals surface area contributed by atoms with Crippen molar-refractivity contribution < 1.29 is 4.42 Å². The molecule has 3 heteroatoms. The second-order valence-corrected chi connectivity index (χ2v) is 5.43. The van der Waals surface area contributed by atoms with Crippen LogP contribution in [-0.2, 0) is 12.3 Å². The first-order valence-electron chi connectivity index (χ1n) is 5.53. The molecule has 0 spiro atoms. The lowest BCUT2D eigenvalue weighted by Gasteiger charge is -2.39. The van der Waals surface area contributed by atoms with Gasteiger partial charge in [0.25, 0.3) is 0 Å². The summed E-state index contributed by atoms with van der Waals surface area (Å²) in [6.45, 7) is 3.16. The fraction of sp³-hybridized carbons (Fsp3) is 0.667. The summed E-state index contributed by atoms with van der Waals surface area (Å²) in [5.74, 6) is 3.11. The third-order valence-corrected chi connectivity index (χ3v) is 3.72. The minimum Gasteiger partial charge on any atom is -0.464 e. The van der Waals surface area contributed by atoms with E-state index >= 15 is 0 Å². The van der Waals surface area contributed by atoms with E-state index in [-0.39, 0.29) is 0 Å². The largest absolute Gasteiger partial charge is 0.464 e. The molecule has 0 bridgehead atoms. The lowest BCUT2D eigenvalue weighted by molar-refractivity contribution is 0.201. The van der Waals surface area contributed by atoms with Crippen LogP contribution < -0.4 is 5.32 Å². The molecule has 0 aromatic carbocycles. The van der Waals surface area contributed by atoms with Crippen LogP contribution in [-0.4, -0.2) is 11.8 Å². The third-order valence-electron chi connectivity index (χ3n) is 3.15. The van der Waals surface area contributed by atoms with Crippen molar-refractivity contribution in [2.75, 3.05) is 6.26 Å². The molecular weight excluding hydrogens is 206 g/mol. The van der Waals surface area contributed by atoms with Crippen LogP contribution in [0.2, 0.25) is 0 Å². The number of thioether (sulfide) groups is 1. The normalized spacial score (nSPS) is 18.8. The van der Waals surface area contributed by atoms with E-state index in [9.17, 15) is 0 Å². The van der Waals surface area contributed by atoms with Crippen molar-refractivity contribution in [2.45, 2.75) is 44.0 Å². The molecule has 1 saturated carbocycles. The second kappa shape index (κ2) is 4.62. The van der Waals surface area contributed by atoms with Gasteiger partial charge in [0.2, 0.25) is 0 Å². The Labute approximate surface area is 95.8 Å². The maximum Gasteiger partial charge on any atom is 0.118 e. The molecular formula is C12H19NOS. The van der Waals surface area contributed by atoms with Crippen molar-refractivity contribution in [2.24, 2.45) is 0 Å². The van der Waals surface area contributed by atoms with Crippen molar-refractivity contribution in [3.05, 3.63) is 23.7 Å². The Morgan fingerprint density at radius 1 is 1.40 bits per heavy atom. The van der Waals surface area contributed by atoms with Gasteiger partial charge in [0.05, 0.1) is 12.3 Å². The van der Waals surface area contributed by atoms with E-state index in [0.717, 1.165) is 23.8 Å². The van der Waals surface area contributed by atoms with E-state index < -0.39 is 0 Å². The van der Waals surface area contributed by atoms with Gasteiger partial charge in [-0.2, -0.15) is 11.8 Å². The Morgan fingerprint density at radius 3 is 2.73 bits per heavy atom. The van der Waals surface area contributed by atoms with Gasteiger partial charge in [-0.15, -0.1) is 0 Å². The number of furan rings is 1. The second-order valence-electron chi connectivity index (χ2n) is 4.57. The van der Waals surface area contributed by atoms with Crippen molar-refractivity contribution in [1.82, 2.24) is 5.32 Å². The topological polar surface area (TPSA) is 25.2 Å².